The van der Waals surface area contributed by atoms with Crippen LogP contribution in [0, 0.1) is 47.2 Å². The second kappa shape index (κ2) is 44.1. The zero-order valence-corrected chi connectivity index (χ0v) is 82.7. The van der Waals surface area contributed by atoms with E-state index in [2.05, 4.69) is 162 Å². The standard InChI is InChI=1S/C25H25N3O2Si.C22H17N3O2.C21H21NOSi.C20H16BrN3O2.C16H12BrNO.C5H10Si/c1-5-30-25(29)24-22-16-26-23(19-9-7-6-8-10-19)20-15-18(13-14-31(2,3)4)11-12-21(20)28(22)17-27-24;1-3-15-10-11-18-17(12-15)20(16-8-6-5-7-9-16)23-13-19-21(22(26)27-4-2)24-14-25(18)19;1-24(2,3)12-11-16-9-10-18-14-19(23)15-22-21(20(18)13-16)17-7-5-4-6-8-17;1-2-26-20(25)19-17-11-22-18(13-6-4-3-5-7-13)15-10-14(21)8-9-16(15)24(17)12-23-19;17-13-7-6-12-8-14(19)10-18-16(15(12)9-13)11-4-2-1-3-5-11;1-5-6(2,3)4/h6-12,15,17H,5,16H2,1-4H3;1,5-12,14H,4,13H2,2H3;4-10,13H,14-15H2,1-3H3;3-10,12H,2,11H2,1H3;1-7,9H,8,10H2;1H,2-4H3. The van der Waals surface area contributed by atoms with E-state index in [1.165, 1.54) is 0 Å². The summed E-state index contributed by atoms with van der Waals surface area (Å²) in [6, 6.07) is 80.2. The molecule has 0 bridgehead atoms. The van der Waals surface area contributed by atoms with Gasteiger partial charge in [0, 0.05) is 94.1 Å². The molecule has 0 fully saturated rings. The first-order valence-corrected chi connectivity index (χ1v) is 55.8. The number of carbonyl (C=O) groups is 5. The highest BCUT2D eigenvalue weighted by atomic mass is 79.9. The molecule has 19 nitrogen and oxygen atoms in total. The first-order chi connectivity index (χ1) is 64.0. The lowest BCUT2D eigenvalue weighted by molar-refractivity contribution is -0.117. The van der Waals surface area contributed by atoms with E-state index in [-0.39, 0.29) is 24.7 Å². The van der Waals surface area contributed by atoms with E-state index in [1.807, 2.05) is 244 Å². The third kappa shape index (κ3) is 24.7. The molecule has 0 aliphatic carbocycles. The number of halogens is 2. The molecule has 0 spiro atoms. The maximum Gasteiger partial charge on any atom is 0.358 e. The number of nitrogens with zero attached hydrogens (tertiary/aromatic N) is 11. The predicted octanol–water partition coefficient (Wildman–Crippen LogP) is 21.0. The summed E-state index contributed by atoms with van der Waals surface area (Å²) >= 11 is 7.04. The van der Waals surface area contributed by atoms with Crippen LogP contribution in [0.4, 0.5) is 0 Å². The highest BCUT2D eigenvalue weighted by Crippen LogP contribution is 2.34. The van der Waals surface area contributed by atoms with Crippen molar-refractivity contribution in [2.75, 3.05) is 32.9 Å². The predicted molar refractivity (Wildman–Crippen MR) is 546 cm³/mol. The number of ketones is 2. The second-order valence-electron chi connectivity index (χ2n) is 34.3. The Kier molecular flexibility index (Phi) is 32.0. The van der Waals surface area contributed by atoms with Crippen LogP contribution in [-0.2, 0) is 56.3 Å². The normalized spacial score (nSPS) is 13.0. The first-order valence-electron chi connectivity index (χ1n) is 43.8. The summed E-state index contributed by atoms with van der Waals surface area (Å²) in [5.74, 6) is 8.38. The summed E-state index contributed by atoms with van der Waals surface area (Å²) in [5.41, 5.74) is 34.7. The van der Waals surface area contributed by atoms with Gasteiger partial charge in [-0.05, 0) is 111 Å². The van der Waals surface area contributed by atoms with Crippen molar-refractivity contribution in [1.29, 1.82) is 0 Å². The molecule has 0 N–H and O–H groups in total. The summed E-state index contributed by atoms with van der Waals surface area (Å²) in [6.45, 7) is 27.6. The molecule has 3 aromatic heterocycles. The Morgan fingerprint density at radius 3 is 0.955 bits per heavy atom. The average Bonchev–Trinajstić information content (AvgIpc) is 1.63. The number of ether oxygens (including phenoxy) is 3. The number of aliphatic imine (C=N–C) groups is 5. The zero-order chi connectivity index (χ0) is 94.5. The molecule has 0 saturated carbocycles. The van der Waals surface area contributed by atoms with Gasteiger partial charge in [0.05, 0.1) is 115 Å². The number of esters is 3. The Balaban J connectivity index is 0.000000140. The Morgan fingerprint density at radius 1 is 0.353 bits per heavy atom. The molecule has 133 heavy (non-hydrogen) atoms. The number of hydrogen-bond acceptors (Lipinski definition) is 16. The Hall–Kier alpha value is -14.2. The molecule has 0 saturated heterocycles. The maximum absolute atomic E-state index is 12.4. The van der Waals surface area contributed by atoms with Crippen molar-refractivity contribution in [2.24, 2.45) is 25.0 Å². The minimum Gasteiger partial charge on any atom is -0.461 e. The summed E-state index contributed by atoms with van der Waals surface area (Å²) in [4.78, 5) is 97.3. The number of imidazole rings is 3. The fourth-order valence-electron chi connectivity index (χ4n) is 14.7. The van der Waals surface area contributed by atoms with Gasteiger partial charge in [0.1, 0.15) is 43.2 Å². The third-order valence-electron chi connectivity index (χ3n) is 21.0. The van der Waals surface area contributed by atoms with E-state index >= 15 is 0 Å². The smallest absolute Gasteiger partial charge is 0.358 e. The summed E-state index contributed by atoms with van der Waals surface area (Å²) < 4.78 is 23.2. The van der Waals surface area contributed by atoms with E-state index < -0.39 is 42.1 Å². The van der Waals surface area contributed by atoms with Crippen LogP contribution in [-0.4, -0.2) is 144 Å². The van der Waals surface area contributed by atoms with Crippen molar-refractivity contribution < 1.29 is 38.2 Å². The van der Waals surface area contributed by atoms with Crippen LogP contribution < -0.4 is 0 Å². The lowest BCUT2D eigenvalue weighted by atomic mass is 9.94. The topological polar surface area (TPSA) is 228 Å². The van der Waals surface area contributed by atoms with Gasteiger partial charge < -0.3 is 14.2 Å². The van der Waals surface area contributed by atoms with Crippen molar-refractivity contribution in [3.8, 4) is 64.3 Å². The van der Waals surface area contributed by atoms with Crippen molar-refractivity contribution in [3.05, 3.63) is 388 Å². The van der Waals surface area contributed by atoms with Crippen molar-refractivity contribution >= 4 is 114 Å². The van der Waals surface area contributed by atoms with E-state index in [0.29, 0.717) is 75.1 Å². The molecule has 18 rings (SSSR count). The molecular formula is C109H101Br2N11O8Si3. The molecule has 5 aliphatic heterocycles. The number of benzene rings is 10. The Morgan fingerprint density at radius 2 is 0.624 bits per heavy atom. The van der Waals surface area contributed by atoms with Gasteiger partial charge in [-0.2, -0.15) is 0 Å². The number of terminal acetylenes is 2. The number of hydrogen-bond donors (Lipinski definition) is 0. The van der Waals surface area contributed by atoms with Crippen molar-refractivity contribution in [2.45, 2.75) is 112 Å². The fraction of sp³-hybridized carbons (Fsp3) is 0.202. The van der Waals surface area contributed by atoms with Crippen LogP contribution in [0.2, 0.25) is 58.9 Å². The molecule has 0 atom stereocenters. The second-order valence-corrected chi connectivity index (χ2v) is 50.4. The van der Waals surface area contributed by atoms with Crippen LogP contribution in [0.5, 0.6) is 0 Å². The van der Waals surface area contributed by atoms with Gasteiger partial charge in [-0.1, -0.05) is 272 Å². The lowest BCUT2D eigenvalue weighted by Gasteiger charge is -2.12. The largest absolute Gasteiger partial charge is 0.461 e. The Bertz CT molecular complexity index is 6940. The van der Waals surface area contributed by atoms with Crippen LogP contribution in [0.15, 0.2) is 296 Å². The molecule has 666 valence electrons. The molecule has 0 amide bonds. The van der Waals surface area contributed by atoms with Gasteiger partial charge in [-0.15, -0.1) is 29.5 Å². The van der Waals surface area contributed by atoms with Crippen LogP contribution in [0.3, 0.4) is 0 Å². The molecule has 8 heterocycles. The summed E-state index contributed by atoms with van der Waals surface area (Å²) in [6.07, 6.45) is 16.6. The van der Waals surface area contributed by atoms with Gasteiger partial charge in [0.2, 0.25) is 0 Å². The highest BCUT2D eigenvalue weighted by Gasteiger charge is 2.31. The monoisotopic (exact) mass is 1930 g/mol. The van der Waals surface area contributed by atoms with Gasteiger partial charge in [-0.3, -0.25) is 48.3 Å². The molecule has 13 aromatic rings. The average molecular weight is 1940 g/mol. The number of carbonyl (C=O) groups excluding carboxylic acids is 5. The van der Waals surface area contributed by atoms with Crippen molar-refractivity contribution in [1.82, 2.24) is 28.7 Å². The quantitative estimate of drug-likeness (QED) is 0.0512. The molecular weight excluding hydrogens is 1840 g/mol. The summed E-state index contributed by atoms with van der Waals surface area (Å²) in [7, 11) is -4.03. The third-order valence-corrected chi connectivity index (χ3v) is 24.6. The summed E-state index contributed by atoms with van der Waals surface area (Å²) in [5, 5.41) is 0. The van der Waals surface area contributed by atoms with Crippen LogP contribution >= 0.6 is 31.9 Å². The van der Waals surface area contributed by atoms with Gasteiger partial charge in [-0.25, -0.2) is 29.3 Å². The Labute approximate surface area is 797 Å². The number of Topliss-reactive ketones (excluding diaryl/α,β-unsaturated/α-hetero) is 2. The maximum atomic E-state index is 12.4. The fourth-order valence-corrected chi connectivity index (χ4v) is 16.5. The lowest BCUT2D eigenvalue weighted by Crippen LogP contribution is -2.16. The molecule has 24 heteroatoms. The van der Waals surface area contributed by atoms with E-state index in [9.17, 15) is 24.0 Å². The van der Waals surface area contributed by atoms with E-state index in [4.69, 9.17) is 42.0 Å². The molecule has 5 aliphatic rings. The number of aromatic nitrogens is 6. The molecule has 0 unspecified atom stereocenters. The van der Waals surface area contributed by atoms with E-state index in [1.54, 1.807) is 39.8 Å². The zero-order valence-electron chi connectivity index (χ0n) is 76.5. The number of rotatable bonds is 11. The van der Waals surface area contributed by atoms with Gasteiger partial charge >= 0.3 is 17.9 Å². The molecule has 0 radical (unpaired) electrons. The van der Waals surface area contributed by atoms with Gasteiger partial charge in [0.25, 0.3) is 0 Å². The van der Waals surface area contributed by atoms with Crippen LogP contribution in [0.25, 0.3) is 17.1 Å². The van der Waals surface area contributed by atoms with E-state index in [0.717, 1.165) is 149 Å². The first kappa shape index (κ1) is 96.3. The number of fused-ring (bicyclic) bond motifs is 11. The minimum atomic E-state index is -1.50. The molecule has 10 aromatic carbocycles. The minimum absolute atomic E-state index is 0.156. The van der Waals surface area contributed by atoms with Crippen molar-refractivity contribution in [3.63, 3.8) is 0 Å². The van der Waals surface area contributed by atoms with Crippen LogP contribution in [0.1, 0.15) is 153 Å². The van der Waals surface area contributed by atoms with Gasteiger partial charge in [0.15, 0.2) is 28.6 Å². The SMILES string of the molecule is C#C[Si](C)(C)C.C#Cc1ccc2c(c1)C(c1ccccc1)=NCc1c(C(=O)OCC)ncn1-2.CCOC(=O)c1ncn2c1CN=C(c1ccccc1)c1cc(Br)ccc1-2.CCOC(=O)c1ncn2c1CN=C(c1ccccc1)c1cc(C#C[Si](C)(C)C)ccc1-2.C[Si](C)(C)C#Cc1ccc2c(c1)C(c1ccccc1)=NCC(=O)C2.O=C1CN=C(c2ccccc2)c2cc(Br)ccc2C1. The highest BCUT2D eigenvalue weighted by molar-refractivity contribution is 9.10.